The van der Waals surface area contributed by atoms with Crippen LogP contribution in [-0.4, -0.2) is 38.9 Å². The van der Waals surface area contributed by atoms with Gasteiger partial charge in [-0.2, -0.15) is 0 Å². The molecule has 1 unspecified atom stereocenters. The van der Waals surface area contributed by atoms with Gasteiger partial charge in [-0.05, 0) is 0 Å². The third kappa shape index (κ3) is 7.03. The maximum absolute atomic E-state index is 12.5. The van der Waals surface area contributed by atoms with Crippen LogP contribution in [0.2, 0.25) is 0 Å². The van der Waals surface area contributed by atoms with Crippen molar-refractivity contribution in [3.05, 3.63) is 0 Å². The predicted octanol–water partition coefficient (Wildman–Crippen LogP) is 5.97. The van der Waals surface area contributed by atoms with Crippen LogP contribution in [0.3, 0.4) is 0 Å². The van der Waals surface area contributed by atoms with E-state index in [2.05, 4.69) is 27.4 Å². The van der Waals surface area contributed by atoms with Crippen LogP contribution in [0.25, 0.3) is 0 Å². The number of hydrogen-bond donors (Lipinski definition) is 0. The Hall–Kier alpha value is 0.580. The summed E-state index contributed by atoms with van der Waals surface area (Å²) < 4.78 is 24.0. The summed E-state index contributed by atoms with van der Waals surface area (Å²) in [6.45, 7) is 8.18. The zero-order valence-electron chi connectivity index (χ0n) is 14.5. The zero-order valence-corrected chi connectivity index (χ0v) is 16.3. The molecule has 0 spiro atoms. The minimum atomic E-state index is -2.92. The molecule has 0 aliphatic heterocycles. The molecule has 3 nitrogen and oxygen atoms in total. The van der Waals surface area contributed by atoms with Crippen LogP contribution in [0, 0.1) is 0 Å². The van der Waals surface area contributed by atoms with Crippen molar-refractivity contribution in [3.63, 3.8) is 0 Å². The normalized spacial score (nSPS) is 17.4. The van der Waals surface area contributed by atoms with Crippen molar-refractivity contribution in [3.8, 4) is 0 Å². The first-order valence-corrected chi connectivity index (χ1v) is 13.2. The molecule has 0 N–H and O–H groups in total. The second-order valence-corrected chi connectivity index (χ2v) is 14.7. The number of hydrogen-bond acceptors (Lipinski definition) is 3. The quantitative estimate of drug-likeness (QED) is 0.414. The second-order valence-electron chi connectivity index (χ2n) is 6.46. The molecule has 0 saturated heterocycles. The van der Waals surface area contributed by atoms with Gasteiger partial charge in [0.05, 0.1) is 0 Å². The number of rotatable bonds is 12. The molecule has 0 aliphatic rings. The molecule has 0 aromatic heterocycles. The molecule has 0 heterocycles. The summed E-state index contributed by atoms with van der Waals surface area (Å²) in [6, 6.07) is 0. The maximum atomic E-state index is 12.5. The van der Waals surface area contributed by atoms with Crippen LogP contribution in [0.5, 0.6) is 0 Å². The Morgan fingerprint density at radius 2 is 1.25 bits per heavy atom. The van der Waals surface area contributed by atoms with Crippen molar-refractivity contribution >= 4 is 14.4 Å². The van der Waals surface area contributed by atoms with E-state index in [4.69, 9.17) is 8.83 Å². The van der Waals surface area contributed by atoms with Crippen molar-refractivity contribution in [2.75, 3.05) is 38.9 Å². The zero-order chi connectivity index (χ0) is 15.7. The van der Waals surface area contributed by atoms with Gasteiger partial charge in [-0.3, -0.25) is 0 Å². The van der Waals surface area contributed by atoms with Crippen molar-refractivity contribution in [2.24, 2.45) is 0 Å². The van der Waals surface area contributed by atoms with Crippen molar-refractivity contribution < 1.29 is 13.4 Å². The van der Waals surface area contributed by atoms with E-state index < -0.39 is 14.4 Å². The summed E-state index contributed by atoms with van der Waals surface area (Å²) in [7, 11) is -1.42. The molecule has 0 aromatic rings. The summed E-state index contributed by atoms with van der Waals surface area (Å²) in [5.74, 6) is 0. The van der Waals surface area contributed by atoms with Crippen LogP contribution in [0.4, 0.5) is 0 Å². The third-order valence-electron chi connectivity index (χ3n) is 4.16. The summed E-state index contributed by atoms with van der Waals surface area (Å²) >= 11 is 0. The summed E-state index contributed by atoms with van der Waals surface area (Å²) in [5.41, 5.74) is 0. The molecule has 20 heavy (non-hydrogen) atoms. The first-order chi connectivity index (χ1) is 9.25. The van der Waals surface area contributed by atoms with E-state index in [1.807, 2.05) is 0 Å². The molecule has 0 amide bonds. The second kappa shape index (κ2) is 8.89. The molecular formula is C15H36O3P2. The molecule has 1 atom stereocenters. The van der Waals surface area contributed by atoms with Crippen LogP contribution in [0.15, 0.2) is 0 Å². The van der Waals surface area contributed by atoms with Gasteiger partial charge >= 0.3 is 126 Å². The van der Waals surface area contributed by atoms with Gasteiger partial charge in [-0.15, -0.1) is 0 Å². The fraction of sp³-hybridized carbons (Fsp3) is 1.00. The Labute approximate surface area is 126 Å². The molecule has 0 aliphatic carbocycles. The summed E-state index contributed by atoms with van der Waals surface area (Å²) in [4.78, 5) is 0. The van der Waals surface area contributed by atoms with Gasteiger partial charge in [0.2, 0.25) is 0 Å². The minimum absolute atomic E-state index is 1.09. The van der Waals surface area contributed by atoms with Crippen LogP contribution < -0.4 is 0 Å². The first kappa shape index (κ1) is 20.6. The molecule has 124 valence electrons. The average Bonchev–Trinajstić information content (AvgIpc) is 2.41. The fourth-order valence-corrected chi connectivity index (χ4v) is 12.0. The van der Waals surface area contributed by atoms with Crippen LogP contribution in [0.1, 0.15) is 59.3 Å². The number of unbranched alkanes of at least 4 members (excludes halogenated alkanes) is 3. The Kier molecular flexibility index (Phi) is 9.14. The van der Waals surface area contributed by atoms with Gasteiger partial charge in [-0.25, -0.2) is 0 Å². The standard InChI is InChI=1S/C15H36O3P2/c1-7-10-13-20(6,14-11-8-2,15-12-9-3)18-19(5,16)17-4/h7-15H2,1-6H3. The van der Waals surface area contributed by atoms with Gasteiger partial charge in [0.1, 0.15) is 0 Å². The first-order valence-electron chi connectivity index (χ1n) is 8.10. The summed E-state index contributed by atoms with van der Waals surface area (Å²) in [6.07, 6.45) is 10.2. The van der Waals surface area contributed by atoms with Gasteiger partial charge in [0.15, 0.2) is 0 Å². The Morgan fingerprint density at radius 1 is 0.900 bits per heavy atom. The Bertz CT molecular complexity index is 294. The average molecular weight is 326 g/mol. The predicted molar refractivity (Wildman–Crippen MR) is 93.8 cm³/mol. The molecule has 0 rings (SSSR count). The molecule has 0 bridgehead atoms. The molecule has 0 radical (unpaired) electrons. The molecule has 0 saturated carbocycles. The van der Waals surface area contributed by atoms with Gasteiger partial charge in [0.25, 0.3) is 0 Å². The van der Waals surface area contributed by atoms with Crippen molar-refractivity contribution in [1.29, 1.82) is 0 Å². The van der Waals surface area contributed by atoms with Gasteiger partial charge in [0, 0.05) is 0 Å². The van der Waals surface area contributed by atoms with Gasteiger partial charge in [-0.1, -0.05) is 0 Å². The Balaban J connectivity index is 5.33. The summed E-state index contributed by atoms with van der Waals surface area (Å²) in [5, 5.41) is 0. The van der Waals surface area contributed by atoms with Gasteiger partial charge < -0.3 is 0 Å². The monoisotopic (exact) mass is 326 g/mol. The van der Waals surface area contributed by atoms with Crippen molar-refractivity contribution in [2.45, 2.75) is 59.3 Å². The van der Waals surface area contributed by atoms with Crippen LogP contribution >= 0.6 is 14.4 Å². The van der Waals surface area contributed by atoms with E-state index in [1.54, 1.807) is 6.66 Å². The Morgan fingerprint density at radius 3 is 1.50 bits per heavy atom. The molecular weight excluding hydrogens is 290 g/mol. The fourth-order valence-electron chi connectivity index (χ4n) is 2.77. The SMILES string of the molecule is CCCCP(C)(CCCC)(CCCC)OP(C)(=O)OC. The van der Waals surface area contributed by atoms with Crippen molar-refractivity contribution in [1.82, 2.24) is 0 Å². The molecule has 5 heteroatoms. The van der Waals surface area contributed by atoms with E-state index in [0.717, 1.165) is 57.0 Å². The van der Waals surface area contributed by atoms with E-state index in [0.29, 0.717) is 0 Å². The third-order valence-corrected chi connectivity index (χ3v) is 12.8. The van der Waals surface area contributed by atoms with E-state index >= 15 is 0 Å². The molecule has 0 fully saturated rings. The molecule has 0 aromatic carbocycles. The van der Waals surface area contributed by atoms with E-state index in [9.17, 15) is 4.57 Å². The van der Waals surface area contributed by atoms with E-state index in [-0.39, 0.29) is 0 Å². The van der Waals surface area contributed by atoms with Crippen LogP contribution in [-0.2, 0) is 13.4 Å². The van der Waals surface area contributed by atoms with E-state index in [1.165, 1.54) is 7.11 Å². The topological polar surface area (TPSA) is 35.5 Å².